The molecule has 1 aromatic carbocycles. The van der Waals surface area contributed by atoms with Gasteiger partial charge in [-0.2, -0.15) is 0 Å². The molecule has 2 aliphatic rings. The molecule has 3 rings (SSSR count). The largest absolute Gasteiger partial charge is 0.388 e. The first-order chi connectivity index (χ1) is 11.3. The fraction of sp³-hybridized carbons (Fsp3) is 0.684. The van der Waals surface area contributed by atoms with Gasteiger partial charge in [0.1, 0.15) is 0 Å². The molecule has 4 heteroatoms. The molecular weight excluding hydrogens is 288 g/mol. The Labute approximate surface area is 140 Å². The topological polar surface area (TPSA) is 35.9 Å². The molecule has 0 amide bonds. The van der Waals surface area contributed by atoms with E-state index in [0.29, 0.717) is 6.04 Å². The molecule has 2 heterocycles. The SMILES string of the molecule is OC(CC1CCCN1CCCN1CCOCC1)c1ccccc1. The lowest BCUT2D eigenvalue weighted by Crippen LogP contribution is -2.39. The Morgan fingerprint density at radius 2 is 1.87 bits per heavy atom. The van der Waals surface area contributed by atoms with E-state index in [2.05, 4.69) is 9.80 Å². The maximum Gasteiger partial charge on any atom is 0.0805 e. The van der Waals surface area contributed by atoms with Crippen LogP contribution in [0.2, 0.25) is 0 Å². The minimum absolute atomic E-state index is 0.332. The monoisotopic (exact) mass is 318 g/mol. The van der Waals surface area contributed by atoms with Gasteiger partial charge in [0.25, 0.3) is 0 Å². The Hall–Kier alpha value is -0.940. The number of hydrogen-bond acceptors (Lipinski definition) is 4. The van der Waals surface area contributed by atoms with Crippen LogP contribution in [0.15, 0.2) is 30.3 Å². The number of ether oxygens (including phenoxy) is 1. The molecule has 1 N–H and O–H groups in total. The van der Waals surface area contributed by atoms with Crippen molar-refractivity contribution in [1.29, 1.82) is 0 Å². The second-order valence-electron chi connectivity index (χ2n) is 6.80. The van der Waals surface area contributed by atoms with E-state index in [4.69, 9.17) is 4.74 Å². The molecule has 128 valence electrons. The van der Waals surface area contributed by atoms with Crippen molar-refractivity contribution in [2.24, 2.45) is 0 Å². The quantitative estimate of drug-likeness (QED) is 0.837. The smallest absolute Gasteiger partial charge is 0.0805 e. The summed E-state index contributed by atoms with van der Waals surface area (Å²) in [5.74, 6) is 0. The molecule has 0 aliphatic carbocycles. The van der Waals surface area contributed by atoms with Gasteiger partial charge in [-0.3, -0.25) is 4.90 Å². The summed E-state index contributed by atoms with van der Waals surface area (Å²) in [4.78, 5) is 5.10. The van der Waals surface area contributed by atoms with E-state index in [9.17, 15) is 5.11 Å². The summed E-state index contributed by atoms with van der Waals surface area (Å²) in [7, 11) is 0. The summed E-state index contributed by atoms with van der Waals surface area (Å²) in [5.41, 5.74) is 1.05. The summed E-state index contributed by atoms with van der Waals surface area (Å²) in [5, 5.41) is 10.5. The van der Waals surface area contributed by atoms with E-state index in [0.717, 1.165) is 44.8 Å². The van der Waals surface area contributed by atoms with E-state index in [1.165, 1.54) is 32.4 Å². The summed E-state index contributed by atoms with van der Waals surface area (Å²) in [6.07, 6.45) is 4.24. The summed E-state index contributed by atoms with van der Waals surface area (Å²) >= 11 is 0. The van der Waals surface area contributed by atoms with Crippen molar-refractivity contribution >= 4 is 0 Å². The van der Waals surface area contributed by atoms with Crippen LogP contribution >= 0.6 is 0 Å². The first kappa shape index (κ1) is 16.9. The average Bonchev–Trinajstić information content (AvgIpc) is 3.04. The lowest BCUT2D eigenvalue weighted by atomic mass is 10.0. The number of morpholine rings is 1. The molecule has 0 bridgehead atoms. The summed E-state index contributed by atoms with van der Waals surface area (Å²) in [6.45, 7) is 7.45. The fourth-order valence-corrected chi connectivity index (χ4v) is 3.85. The number of nitrogens with zero attached hydrogens (tertiary/aromatic N) is 2. The molecule has 0 aromatic heterocycles. The van der Waals surface area contributed by atoms with E-state index >= 15 is 0 Å². The van der Waals surface area contributed by atoms with Gasteiger partial charge in [-0.05, 0) is 50.9 Å². The number of aliphatic hydroxyl groups excluding tert-OH is 1. The molecule has 2 atom stereocenters. The Kier molecular flexibility index (Phi) is 6.46. The van der Waals surface area contributed by atoms with Crippen LogP contribution in [0.3, 0.4) is 0 Å². The zero-order valence-electron chi connectivity index (χ0n) is 14.1. The highest BCUT2D eigenvalue weighted by Crippen LogP contribution is 2.27. The second kappa shape index (κ2) is 8.78. The molecule has 2 saturated heterocycles. The van der Waals surface area contributed by atoms with E-state index in [-0.39, 0.29) is 6.10 Å². The molecule has 1 aromatic rings. The minimum Gasteiger partial charge on any atom is -0.388 e. The Morgan fingerprint density at radius 1 is 1.09 bits per heavy atom. The van der Waals surface area contributed by atoms with Gasteiger partial charge >= 0.3 is 0 Å². The Bertz CT molecular complexity index is 448. The molecule has 0 radical (unpaired) electrons. The number of aliphatic hydroxyl groups is 1. The van der Waals surface area contributed by atoms with Crippen LogP contribution in [0.4, 0.5) is 0 Å². The third kappa shape index (κ3) is 5.01. The number of likely N-dealkylation sites (tertiary alicyclic amines) is 1. The van der Waals surface area contributed by atoms with E-state index in [1.54, 1.807) is 0 Å². The van der Waals surface area contributed by atoms with Crippen LogP contribution in [0.5, 0.6) is 0 Å². The molecule has 23 heavy (non-hydrogen) atoms. The van der Waals surface area contributed by atoms with Crippen LogP contribution in [0.25, 0.3) is 0 Å². The van der Waals surface area contributed by atoms with Gasteiger partial charge in [-0.15, -0.1) is 0 Å². The van der Waals surface area contributed by atoms with Gasteiger partial charge in [-0.1, -0.05) is 30.3 Å². The van der Waals surface area contributed by atoms with Crippen LogP contribution < -0.4 is 0 Å². The normalized spacial score (nSPS) is 24.8. The predicted octanol–water partition coefficient (Wildman–Crippen LogP) is 2.30. The van der Waals surface area contributed by atoms with Crippen molar-refractivity contribution in [3.05, 3.63) is 35.9 Å². The maximum absolute atomic E-state index is 10.5. The Morgan fingerprint density at radius 3 is 2.65 bits per heavy atom. The minimum atomic E-state index is -0.332. The molecule has 0 saturated carbocycles. The van der Waals surface area contributed by atoms with E-state index < -0.39 is 0 Å². The van der Waals surface area contributed by atoms with Crippen LogP contribution in [-0.2, 0) is 4.74 Å². The van der Waals surface area contributed by atoms with Crippen LogP contribution in [0.1, 0.15) is 37.4 Å². The number of benzene rings is 1. The van der Waals surface area contributed by atoms with Gasteiger partial charge in [0.15, 0.2) is 0 Å². The third-order valence-corrected chi connectivity index (χ3v) is 5.20. The Balaban J connectivity index is 1.42. The van der Waals surface area contributed by atoms with Crippen molar-refractivity contribution in [2.45, 2.75) is 37.8 Å². The second-order valence-corrected chi connectivity index (χ2v) is 6.80. The maximum atomic E-state index is 10.5. The third-order valence-electron chi connectivity index (χ3n) is 5.20. The molecule has 0 spiro atoms. The predicted molar refractivity (Wildman–Crippen MR) is 92.5 cm³/mol. The summed E-state index contributed by atoms with van der Waals surface area (Å²) in [6, 6.07) is 10.6. The van der Waals surface area contributed by atoms with Gasteiger partial charge in [0.2, 0.25) is 0 Å². The van der Waals surface area contributed by atoms with Crippen molar-refractivity contribution in [3.63, 3.8) is 0 Å². The van der Waals surface area contributed by atoms with Gasteiger partial charge in [0.05, 0.1) is 19.3 Å². The molecular formula is C19H30N2O2. The van der Waals surface area contributed by atoms with Gasteiger partial charge in [-0.25, -0.2) is 0 Å². The number of rotatable bonds is 7. The highest BCUT2D eigenvalue weighted by molar-refractivity contribution is 5.17. The van der Waals surface area contributed by atoms with Crippen molar-refractivity contribution < 1.29 is 9.84 Å². The standard InChI is InChI=1S/C19H30N2O2/c22-19(17-6-2-1-3-7-17)16-18-8-4-10-21(18)11-5-9-20-12-14-23-15-13-20/h1-3,6-7,18-19,22H,4-5,8-16H2. The highest BCUT2D eigenvalue weighted by atomic mass is 16.5. The fourth-order valence-electron chi connectivity index (χ4n) is 3.85. The number of hydrogen-bond donors (Lipinski definition) is 1. The average molecular weight is 318 g/mol. The van der Waals surface area contributed by atoms with E-state index in [1.807, 2.05) is 30.3 Å². The van der Waals surface area contributed by atoms with Crippen molar-refractivity contribution in [1.82, 2.24) is 9.80 Å². The first-order valence-corrected chi connectivity index (χ1v) is 9.10. The molecule has 2 aliphatic heterocycles. The molecule has 4 nitrogen and oxygen atoms in total. The molecule has 2 fully saturated rings. The lowest BCUT2D eigenvalue weighted by Gasteiger charge is -2.29. The van der Waals surface area contributed by atoms with Gasteiger partial charge in [0, 0.05) is 19.1 Å². The lowest BCUT2D eigenvalue weighted by molar-refractivity contribution is 0.0354. The van der Waals surface area contributed by atoms with Crippen molar-refractivity contribution in [2.75, 3.05) is 45.9 Å². The summed E-state index contributed by atoms with van der Waals surface area (Å²) < 4.78 is 5.40. The molecule has 2 unspecified atom stereocenters. The highest BCUT2D eigenvalue weighted by Gasteiger charge is 2.26. The van der Waals surface area contributed by atoms with Crippen LogP contribution in [-0.4, -0.2) is 66.9 Å². The van der Waals surface area contributed by atoms with Crippen molar-refractivity contribution in [3.8, 4) is 0 Å². The zero-order chi connectivity index (χ0) is 15.9. The first-order valence-electron chi connectivity index (χ1n) is 9.10. The van der Waals surface area contributed by atoms with Crippen LogP contribution in [0, 0.1) is 0 Å². The van der Waals surface area contributed by atoms with Gasteiger partial charge < -0.3 is 14.7 Å². The zero-order valence-corrected chi connectivity index (χ0v) is 14.1.